The van der Waals surface area contributed by atoms with E-state index in [1.54, 1.807) is 18.2 Å². The second kappa shape index (κ2) is 11.1. The molecule has 25 heavy (non-hydrogen) atoms. The molecule has 0 fully saturated rings. The SMILES string of the molecule is CCCCCCCNCc1cc(Cl)ccc1OCc1ccccc1F. The van der Waals surface area contributed by atoms with Gasteiger partial charge in [0.15, 0.2) is 0 Å². The van der Waals surface area contributed by atoms with Gasteiger partial charge in [-0.1, -0.05) is 62.4 Å². The maximum Gasteiger partial charge on any atom is 0.129 e. The normalized spacial score (nSPS) is 10.8. The van der Waals surface area contributed by atoms with Crippen LogP contribution in [0.2, 0.25) is 5.02 Å². The monoisotopic (exact) mass is 363 g/mol. The Morgan fingerprint density at radius 1 is 1.00 bits per heavy atom. The van der Waals surface area contributed by atoms with Crippen LogP contribution in [0.15, 0.2) is 42.5 Å². The topological polar surface area (TPSA) is 21.3 Å². The van der Waals surface area contributed by atoms with Crippen LogP contribution in [-0.4, -0.2) is 6.54 Å². The van der Waals surface area contributed by atoms with Gasteiger partial charge in [0, 0.05) is 22.7 Å². The van der Waals surface area contributed by atoms with Crippen LogP contribution in [0, 0.1) is 5.82 Å². The zero-order valence-corrected chi connectivity index (χ0v) is 15.6. The van der Waals surface area contributed by atoms with Gasteiger partial charge in [-0.05, 0) is 37.2 Å². The predicted octanol–water partition coefficient (Wildman–Crippen LogP) is 6.12. The molecule has 1 N–H and O–H groups in total. The van der Waals surface area contributed by atoms with Crippen molar-refractivity contribution in [3.05, 3.63) is 64.4 Å². The molecule has 0 atom stereocenters. The van der Waals surface area contributed by atoms with Crippen LogP contribution in [0.4, 0.5) is 4.39 Å². The Bertz CT molecular complexity index is 648. The van der Waals surface area contributed by atoms with Gasteiger partial charge in [-0.25, -0.2) is 4.39 Å². The summed E-state index contributed by atoms with van der Waals surface area (Å²) in [6.07, 6.45) is 6.30. The Kier molecular flexibility index (Phi) is 8.78. The van der Waals surface area contributed by atoms with E-state index in [9.17, 15) is 4.39 Å². The summed E-state index contributed by atoms with van der Waals surface area (Å²) in [4.78, 5) is 0. The number of ether oxygens (including phenoxy) is 1. The second-order valence-corrected chi connectivity index (χ2v) is 6.66. The fraction of sp³-hybridized carbons (Fsp3) is 0.429. The quantitative estimate of drug-likeness (QED) is 0.486. The van der Waals surface area contributed by atoms with E-state index >= 15 is 0 Å². The standard InChI is InChI=1S/C21H27ClFNO/c1-2-3-4-5-8-13-24-15-18-14-19(22)11-12-21(18)25-16-17-9-6-7-10-20(17)23/h6-7,9-12,14,24H,2-5,8,13,15-16H2,1H3. The van der Waals surface area contributed by atoms with E-state index in [4.69, 9.17) is 16.3 Å². The summed E-state index contributed by atoms with van der Waals surface area (Å²) < 4.78 is 19.5. The minimum atomic E-state index is -0.247. The molecule has 0 unspecified atom stereocenters. The predicted molar refractivity (Wildman–Crippen MR) is 103 cm³/mol. The number of hydrogen-bond donors (Lipinski definition) is 1. The van der Waals surface area contributed by atoms with E-state index in [0.29, 0.717) is 17.1 Å². The van der Waals surface area contributed by atoms with E-state index in [0.717, 1.165) is 17.9 Å². The number of nitrogens with one attached hydrogen (secondary N) is 1. The van der Waals surface area contributed by atoms with Gasteiger partial charge in [0.25, 0.3) is 0 Å². The summed E-state index contributed by atoms with van der Waals surface area (Å²) in [6, 6.07) is 12.2. The number of benzene rings is 2. The van der Waals surface area contributed by atoms with E-state index in [-0.39, 0.29) is 12.4 Å². The Hall–Kier alpha value is -1.58. The smallest absolute Gasteiger partial charge is 0.129 e. The molecule has 0 heterocycles. The molecule has 0 aromatic heterocycles. The van der Waals surface area contributed by atoms with Gasteiger partial charge in [-0.2, -0.15) is 0 Å². The van der Waals surface area contributed by atoms with Crippen LogP contribution in [-0.2, 0) is 13.2 Å². The maximum atomic E-state index is 13.7. The van der Waals surface area contributed by atoms with Crippen molar-refractivity contribution in [2.75, 3.05) is 6.54 Å². The molecule has 0 aliphatic rings. The molecule has 0 aliphatic heterocycles. The van der Waals surface area contributed by atoms with E-state index in [1.807, 2.05) is 18.2 Å². The van der Waals surface area contributed by atoms with Crippen molar-refractivity contribution in [2.45, 2.75) is 52.2 Å². The summed E-state index contributed by atoms with van der Waals surface area (Å²) in [5.74, 6) is 0.495. The third-order valence-electron chi connectivity index (χ3n) is 4.14. The first-order chi connectivity index (χ1) is 12.2. The molecule has 2 rings (SSSR count). The highest BCUT2D eigenvalue weighted by Crippen LogP contribution is 2.24. The van der Waals surface area contributed by atoms with Gasteiger partial charge in [0.05, 0.1) is 0 Å². The molecule has 0 saturated carbocycles. The molecule has 0 saturated heterocycles. The largest absolute Gasteiger partial charge is 0.488 e. The molecule has 0 radical (unpaired) electrons. The zero-order chi connectivity index (χ0) is 17.9. The van der Waals surface area contributed by atoms with Gasteiger partial charge in [0.2, 0.25) is 0 Å². The van der Waals surface area contributed by atoms with Crippen molar-refractivity contribution >= 4 is 11.6 Å². The van der Waals surface area contributed by atoms with Gasteiger partial charge in [-0.15, -0.1) is 0 Å². The van der Waals surface area contributed by atoms with Crippen molar-refractivity contribution in [3.63, 3.8) is 0 Å². The van der Waals surface area contributed by atoms with Crippen molar-refractivity contribution in [1.29, 1.82) is 0 Å². The van der Waals surface area contributed by atoms with Gasteiger partial charge in [0.1, 0.15) is 18.2 Å². The molecule has 4 heteroatoms. The Labute approximate surface area is 155 Å². The van der Waals surface area contributed by atoms with Crippen LogP contribution in [0.5, 0.6) is 5.75 Å². The van der Waals surface area contributed by atoms with Crippen LogP contribution in [0.25, 0.3) is 0 Å². The lowest BCUT2D eigenvalue weighted by molar-refractivity contribution is 0.296. The third kappa shape index (κ3) is 7.05. The fourth-order valence-electron chi connectivity index (χ4n) is 2.67. The van der Waals surface area contributed by atoms with Crippen LogP contribution in [0.1, 0.15) is 50.2 Å². The van der Waals surface area contributed by atoms with Gasteiger partial charge >= 0.3 is 0 Å². The zero-order valence-electron chi connectivity index (χ0n) is 14.9. The fourth-order valence-corrected chi connectivity index (χ4v) is 2.87. The molecule has 0 amide bonds. The summed E-state index contributed by atoms with van der Waals surface area (Å²) in [6.45, 7) is 4.10. The summed E-state index contributed by atoms with van der Waals surface area (Å²) in [5, 5.41) is 4.12. The number of rotatable bonds is 11. The lowest BCUT2D eigenvalue weighted by Crippen LogP contribution is -2.15. The second-order valence-electron chi connectivity index (χ2n) is 6.22. The number of unbranched alkanes of at least 4 members (excludes halogenated alkanes) is 4. The van der Waals surface area contributed by atoms with Gasteiger partial charge in [-0.3, -0.25) is 0 Å². The first kappa shape index (κ1) is 19.7. The Morgan fingerprint density at radius 3 is 2.60 bits per heavy atom. The van der Waals surface area contributed by atoms with Crippen LogP contribution >= 0.6 is 11.6 Å². The number of hydrogen-bond acceptors (Lipinski definition) is 2. The average molecular weight is 364 g/mol. The average Bonchev–Trinajstić information content (AvgIpc) is 2.61. The minimum absolute atomic E-state index is 0.207. The maximum absolute atomic E-state index is 13.7. The highest BCUT2D eigenvalue weighted by Gasteiger charge is 2.07. The highest BCUT2D eigenvalue weighted by molar-refractivity contribution is 6.30. The van der Waals surface area contributed by atoms with Crippen molar-refractivity contribution in [1.82, 2.24) is 5.32 Å². The van der Waals surface area contributed by atoms with Crippen LogP contribution in [0.3, 0.4) is 0 Å². The molecule has 0 aliphatic carbocycles. The van der Waals surface area contributed by atoms with Crippen molar-refractivity contribution in [2.24, 2.45) is 0 Å². The molecule has 2 aromatic rings. The number of halogens is 2. The first-order valence-corrected chi connectivity index (χ1v) is 9.44. The lowest BCUT2D eigenvalue weighted by atomic mass is 10.1. The minimum Gasteiger partial charge on any atom is -0.488 e. The molecule has 0 spiro atoms. The molecule has 0 bridgehead atoms. The van der Waals surface area contributed by atoms with Crippen molar-refractivity contribution in [3.8, 4) is 5.75 Å². The summed E-state index contributed by atoms with van der Waals surface area (Å²) in [7, 11) is 0. The van der Waals surface area contributed by atoms with Crippen molar-refractivity contribution < 1.29 is 9.13 Å². The first-order valence-electron chi connectivity index (χ1n) is 9.06. The van der Waals surface area contributed by atoms with E-state index < -0.39 is 0 Å². The Balaban J connectivity index is 1.85. The molecule has 136 valence electrons. The highest BCUT2D eigenvalue weighted by atomic mass is 35.5. The summed E-state index contributed by atoms with van der Waals surface area (Å²) in [5.41, 5.74) is 1.55. The molecule has 2 nitrogen and oxygen atoms in total. The lowest BCUT2D eigenvalue weighted by Gasteiger charge is -2.13. The third-order valence-corrected chi connectivity index (χ3v) is 4.37. The van der Waals surface area contributed by atoms with Crippen LogP contribution < -0.4 is 10.1 Å². The van der Waals surface area contributed by atoms with E-state index in [1.165, 1.54) is 38.2 Å². The summed E-state index contributed by atoms with van der Waals surface area (Å²) >= 11 is 6.11. The molecular formula is C21H27ClFNO. The van der Waals surface area contributed by atoms with E-state index in [2.05, 4.69) is 12.2 Å². The molecular weight excluding hydrogens is 337 g/mol. The molecule has 2 aromatic carbocycles. The van der Waals surface area contributed by atoms with Gasteiger partial charge < -0.3 is 10.1 Å². The Morgan fingerprint density at radius 2 is 1.80 bits per heavy atom.